The van der Waals surface area contributed by atoms with Gasteiger partial charge in [-0.1, -0.05) is 24.3 Å². The first-order valence-corrected chi connectivity index (χ1v) is 9.64. The summed E-state index contributed by atoms with van der Waals surface area (Å²) in [6.07, 6.45) is 4.29. The summed E-state index contributed by atoms with van der Waals surface area (Å²) in [5, 5.41) is 12.0. The van der Waals surface area contributed by atoms with Gasteiger partial charge in [-0.05, 0) is 55.7 Å². The van der Waals surface area contributed by atoms with Gasteiger partial charge in [0.25, 0.3) is 11.5 Å². The number of benzene rings is 1. The van der Waals surface area contributed by atoms with Gasteiger partial charge < -0.3 is 10.1 Å². The van der Waals surface area contributed by atoms with E-state index < -0.39 is 11.5 Å². The molecular formula is C24H22N4O3. The van der Waals surface area contributed by atoms with Crippen LogP contribution in [0.4, 0.5) is 0 Å². The zero-order valence-corrected chi connectivity index (χ0v) is 17.6. The molecule has 1 N–H and O–H groups in total. The number of aryl methyl sites for hydroxylation is 2. The predicted molar refractivity (Wildman–Crippen MR) is 119 cm³/mol. The minimum atomic E-state index is -0.617. The van der Waals surface area contributed by atoms with Gasteiger partial charge in [-0.25, -0.2) is 0 Å². The van der Waals surface area contributed by atoms with Crippen LogP contribution in [-0.2, 0) is 4.79 Å². The molecule has 0 atom stereocenters. The molecule has 156 valence electrons. The SMILES string of the molecule is C=CCNC(=O)C(C#N)=Cc1c(Oc2cccc(C)c2C)nc2c(C)cccn2c1=O. The van der Waals surface area contributed by atoms with Gasteiger partial charge in [0.2, 0.25) is 5.88 Å². The van der Waals surface area contributed by atoms with Gasteiger partial charge in [0.05, 0.1) is 0 Å². The van der Waals surface area contributed by atoms with E-state index in [-0.39, 0.29) is 23.6 Å². The molecule has 31 heavy (non-hydrogen) atoms. The smallest absolute Gasteiger partial charge is 0.269 e. The molecule has 0 aliphatic rings. The number of fused-ring (bicyclic) bond motifs is 1. The highest BCUT2D eigenvalue weighted by atomic mass is 16.5. The van der Waals surface area contributed by atoms with Crippen molar-refractivity contribution in [2.24, 2.45) is 0 Å². The van der Waals surface area contributed by atoms with Gasteiger partial charge in [-0.15, -0.1) is 6.58 Å². The van der Waals surface area contributed by atoms with Gasteiger partial charge in [-0.2, -0.15) is 10.2 Å². The molecule has 0 unspecified atom stereocenters. The molecule has 3 rings (SSSR count). The fourth-order valence-electron chi connectivity index (χ4n) is 2.99. The summed E-state index contributed by atoms with van der Waals surface area (Å²) >= 11 is 0. The van der Waals surface area contributed by atoms with Crippen LogP contribution < -0.4 is 15.6 Å². The molecule has 3 aromatic rings. The first kappa shape index (κ1) is 21.5. The molecule has 0 radical (unpaired) electrons. The lowest BCUT2D eigenvalue weighted by Crippen LogP contribution is -2.25. The van der Waals surface area contributed by atoms with Crippen molar-refractivity contribution in [3.8, 4) is 17.7 Å². The van der Waals surface area contributed by atoms with E-state index in [1.165, 1.54) is 16.6 Å². The quantitative estimate of drug-likeness (QED) is 0.377. The number of carbonyl (C=O) groups excluding carboxylic acids is 1. The lowest BCUT2D eigenvalue weighted by Gasteiger charge is -2.13. The molecule has 1 amide bonds. The molecule has 2 aromatic heterocycles. The maximum Gasteiger partial charge on any atom is 0.269 e. The Hall–Kier alpha value is -4.18. The van der Waals surface area contributed by atoms with E-state index >= 15 is 0 Å². The van der Waals surface area contributed by atoms with Crippen LogP contribution in [0.15, 0.2) is 59.6 Å². The Kier molecular flexibility index (Phi) is 6.32. The number of amides is 1. The van der Waals surface area contributed by atoms with Crippen LogP contribution in [0.25, 0.3) is 11.7 Å². The third kappa shape index (κ3) is 4.38. The van der Waals surface area contributed by atoms with E-state index in [9.17, 15) is 14.9 Å². The Morgan fingerprint density at radius 1 is 1.26 bits per heavy atom. The van der Waals surface area contributed by atoms with Crippen molar-refractivity contribution in [3.63, 3.8) is 0 Å². The van der Waals surface area contributed by atoms with E-state index in [1.807, 2.05) is 45.0 Å². The van der Waals surface area contributed by atoms with Crippen LogP contribution in [0, 0.1) is 32.1 Å². The van der Waals surface area contributed by atoms with E-state index in [4.69, 9.17) is 4.74 Å². The Balaban J connectivity index is 2.25. The molecular weight excluding hydrogens is 392 g/mol. The van der Waals surface area contributed by atoms with Crippen molar-refractivity contribution in [2.75, 3.05) is 6.54 Å². The molecule has 2 heterocycles. The van der Waals surface area contributed by atoms with Crippen molar-refractivity contribution in [1.82, 2.24) is 14.7 Å². The third-order valence-electron chi connectivity index (χ3n) is 4.87. The fourth-order valence-corrected chi connectivity index (χ4v) is 2.99. The summed E-state index contributed by atoms with van der Waals surface area (Å²) in [7, 11) is 0. The van der Waals surface area contributed by atoms with E-state index in [0.717, 1.165) is 16.7 Å². The summed E-state index contributed by atoms with van der Waals surface area (Å²) in [6.45, 7) is 9.42. The fraction of sp³-hybridized carbons (Fsp3) is 0.167. The number of pyridine rings is 1. The second kappa shape index (κ2) is 9.09. The first-order chi connectivity index (χ1) is 14.9. The normalized spacial score (nSPS) is 11.1. The summed E-state index contributed by atoms with van der Waals surface area (Å²) < 4.78 is 7.41. The number of carbonyl (C=O) groups is 1. The molecule has 0 bridgehead atoms. The van der Waals surface area contributed by atoms with Gasteiger partial charge in [0.1, 0.15) is 28.6 Å². The lowest BCUT2D eigenvalue weighted by molar-refractivity contribution is -0.116. The van der Waals surface area contributed by atoms with Crippen molar-refractivity contribution >= 4 is 17.6 Å². The van der Waals surface area contributed by atoms with E-state index in [1.54, 1.807) is 18.3 Å². The van der Waals surface area contributed by atoms with Crippen LogP contribution in [0.2, 0.25) is 0 Å². The highest BCUT2D eigenvalue weighted by Gasteiger charge is 2.18. The number of hydrogen-bond acceptors (Lipinski definition) is 5. The van der Waals surface area contributed by atoms with E-state index in [0.29, 0.717) is 11.4 Å². The Labute approximate surface area is 179 Å². The van der Waals surface area contributed by atoms with Crippen molar-refractivity contribution in [3.05, 3.63) is 87.4 Å². The minimum Gasteiger partial charge on any atom is -0.438 e. The number of ether oxygens (including phenoxy) is 1. The van der Waals surface area contributed by atoms with Crippen LogP contribution in [0.1, 0.15) is 22.3 Å². The highest BCUT2D eigenvalue weighted by Crippen LogP contribution is 2.28. The van der Waals surface area contributed by atoms with Crippen LogP contribution in [-0.4, -0.2) is 21.8 Å². The number of rotatable bonds is 6. The third-order valence-corrected chi connectivity index (χ3v) is 4.87. The molecule has 7 heteroatoms. The van der Waals surface area contributed by atoms with Crippen molar-refractivity contribution < 1.29 is 9.53 Å². The highest BCUT2D eigenvalue weighted by molar-refractivity contribution is 6.02. The largest absolute Gasteiger partial charge is 0.438 e. The van der Waals surface area contributed by atoms with Crippen molar-refractivity contribution in [2.45, 2.75) is 20.8 Å². The van der Waals surface area contributed by atoms with Crippen LogP contribution in [0.3, 0.4) is 0 Å². The topological polar surface area (TPSA) is 96.5 Å². The zero-order valence-electron chi connectivity index (χ0n) is 17.6. The maximum absolute atomic E-state index is 13.3. The molecule has 0 saturated heterocycles. The number of nitrogens with one attached hydrogen (secondary N) is 1. The molecule has 0 aliphatic carbocycles. The Morgan fingerprint density at radius 3 is 2.71 bits per heavy atom. The molecule has 0 spiro atoms. The number of aromatic nitrogens is 2. The van der Waals surface area contributed by atoms with Crippen molar-refractivity contribution in [1.29, 1.82) is 5.26 Å². The van der Waals surface area contributed by atoms with Crippen LogP contribution in [0.5, 0.6) is 11.6 Å². The molecule has 0 aliphatic heterocycles. The number of nitriles is 1. The van der Waals surface area contributed by atoms with Crippen LogP contribution >= 0.6 is 0 Å². The Bertz CT molecular complexity index is 1310. The molecule has 0 saturated carbocycles. The second-order valence-corrected chi connectivity index (χ2v) is 6.99. The second-order valence-electron chi connectivity index (χ2n) is 6.99. The average Bonchev–Trinajstić information content (AvgIpc) is 2.76. The Morgan fingerprint density at radius 2 is 2.00 bits per heavy atom. The standard InChI is InChI=1S/C24H22N4O3/c1-5-11-26-22(29)18(14-25)13-19-23(31-20-10-6-8-15(2)17(20)4)27-21-16(3)9-7-12-28(21)24(19)30/h5-10,12-13H,1,11H2,2-4H3,(H,26,29). The summed E-state index contributed by atoms with van der Waals surface area (Å²) in [5.41, 5.74) is 2.45. The zero-order chi connectivity index (χ0) is 22.5. The van der Waals surface area contributed by atoms with Gasteiger partial charge >= 0.3 is 0 Å². The lowest BCUT2D eigenvalue weighted by atomic mass is 10.1. The summed E-state index contributed by atoms with van der Waals surface area (Å²) in [4.78, 5) is 30.1. The van der Waals surface area contributed by atoms with Gasteiger partial charge in [0.15, 0.2) is 0 Å². The minimum absolute atomic E-state index is 0.00862. The molecule has 1 aromatic carbocycles. The van der Waals surface area contributed by atoms with E-state index in [2.05, 4.69) is 16.9 Å². The number of hydrogen-bond donors (Lipinski definition) is 1. The number of nitrogens with zero attached hydrogens (tertiary/aromatic N) is 3. The molecule has 7 nitrogen and oxygen atoms in total. The monoisotopic (exact) mass is 414 g/mol. The van der Waals surface area contributed by atoms with Gasteiger partial charge in [0, 0.05) is 12.7 Å². The predicted octanol–water partition coefficient (Wildman–Crippen LogP) is 3.62. The molecule has 0 fully saturated rings. The maximum atomic E-state index is 13.3. The summed E-state index contributed by atoms with van der Waals surface area (Å²) in [6, 6.07) is 11.0. The van der Waals surface area contributed by atoms with Gasteiger partial charge in [-0.3, -0.25) is 14.0 Å². The average molecular weight is 414 g/mol. The first-order valence-electron chi connectivity index (χ1n) is 9.64. The summed E-state index contributed by atoms with van der Waals surface area (Å²) in [5.74, 6) is -0.0554.